The molecule has 0 aliphatic carbocycles. The number of alkyl halides is 5. The fourth-order valence-corrected chi connectivity index (χ4v) is 3.64. The second-order valence-electron chi connectivity index (χ2n) is 6.21. The van der Waals surface area contributed by atoms with Crippen molar-refractivity contribution < 1.29 is 43.9 Å². The molecule has 170 valence electrons. The highest BCUT2D eigenvalue weighted by molar-refractivity contribution is 7.92. The van der Waals surface area contributed by atoms with Crippen LogP contribution in [0, 0.1) is 11.6 Å². The Kier molecular flexibility index (Phi) is 6.30. The first kappa shape index (κ1) is 23.3. The van der Waals surface area contributed by atoms with Crippen LogP contribution in [-0.2, 0) is 16.2 Å². The first-order valence-corrected chi connectivity index (χ1v) is 9.96. The van der Waals surface area contributed by atoms with E-state index in [1.54, 1.807) is 4.72 Å². The van der Waals surface area contributed by atoms with Crippen LogP contribution >= 0.6 is 0 Å². The molecule has 0 unspecified atom stereocenters. The van der Waals surface area contributed by atoms with Crippen LogP contribution in [0.3, 0.4) is 0 Å². The van der Waals surface area contributed by atoms with E-state index in [-0.39, 0.29) is 11.3 Å². The van der Waals surface area contributed by atoms with Gasteiger partial charge >= 0.3 is 12.8 Å². The molecule has 13 heteroatoms. The summed E-state index contributed by atoms with van der Waals surface area (Å²) in [7, 11) is -4.70. The van der Waals surface area contributed by atoms with Gasteiger partial charge in [-0.15, -0.1) is 0 Å². The van der Waals surface area contributed by atoms with E-state index in [4.69, 9.17) is 0 Å². The highest BCUT2D eigenvalue weighted by Gasteiger charge is 2.32. The third-order valence-electron chi connectivity index (χ3n) is 3.94. The first-order valence-electron chi connectivity index (χ1n) is 8.47. The standard InChI is InChI=1S/C19H11F7N2O3S/c20-12-6-10(7-13(9-12)31-18(22)23)16-5-4-15(21)17(27-16)28-32(29,30)14-3-1-2-11(8-14)19(24,25)26/h1-9,18H,(H,27,28). The molecule has 0 saturated carbocycles. The van der Waals surface area contributed by atoms with Gasteiger partial charge in [0.25, 0.3) is 10.0 Å². The normalized spacial score (nSPS) is 12.1. The Morgan fingerprint density at radius 1 is 0.969 bits per heavy atom. The Bertz CT molecular complexity index is 1250. The number of anilines is 1. The van der Waals surface area contributed by atoms with E-state index in [9.17, 15) is 39.2 Å². The van der Waals surface area contributed by atoms with Gasteiger partial charge in [-0.2, -0.15) is 22.0 Å². The lowest BCUT2D eigenvalue weighted by Gasteiger charge is -2.12. The largest absolute Gasteiger partial charge is 0.435 e. The lowest BCUT2D eigenvalue weighted by atomic mass is 10.1. The summed E-state index contributed by atoms with van der Waals surface area (Å²) < 4.78 is 122. The van der Waals surface area contributed by atoms with E-state index in [0.29, 0.717) is 18.2 Å². The third kappa shape index (κ3) is 5.46. The van der Waals surface area contributed by atoms with Crippen molar-refractivity contribution in [3.63, 3.8) is 0 Å². The summed E-state index contributed by atoms with van der Waals surface area (Å²) in [5.41, 5.74) is -1.62. The van der Waals surface area contributed by atoms with Crippen molar-refractivity contribution in [3.8, 4) is 17.0 Å². The van der Waals surface area contributed by atoms with Gasteiger partial charge in [0.2, 0.25) is 0 Å². The van der Waals surface area contributed by atoms with Crippen molar-refractivity contribution in [2.24, 2.45) is 0 Å². The minimum atomic E-state index is -4.82. The topological polar surface area (TPSA) is 68.3 Å². The van der Waals surface area contributed by atoms with E-state index in [1.807, 2.05) is 0 Å². The summed E-state index contributed by atoms with van der Waals surface area (Å²) in [6.07, 6.45) is -4.82. The van der Waals surface area contributed by atoms with Crippen molar-refractivity contribution >= 4 is 15.8 Å². The number of sulfonamides is 1. The predicted molar refractivity (Wildman–Crippen MR) is 98.5 cm³/mol. The van der Waals surface area contributed by atoms with Crippen LogP contribution in [0.1, 0.15) is 5.56 Å². The number of halogens is 7. The highest BCUT2D eigenvalue weighted by Crippen LogP contribution is 2.31. The van der Waals surface area contributed by atoms with Gasteiger partial charge in [-0.05, 0) is 42.5 Å². The lowest BCUT2D eigenvalue weighted by molar-refractivity contribution is -0.137. The number of ether oxygens (including phenoxy) is 1. The van der Waals surface area contributed by atoms with E-state index in [0.717, 1.165) is 36.4 Å². The maximum Gasteiger partial charge on any atom is 0.416 e. The Hall–Kier alpha value is -3.35. The van der Waals surface area contributed by atoms with Crippen LogP contribution in [0.4, 0.5) is 36.6 Å². The van der Waals surface area contributed by atoms with Gasteiger partial charge in [-0.3, -0.25) is 4.72 Å². The Morgan fingerprint density at radius 2 is 1.69 bits per heavy atom. The molecule has 0 aliphatic heterocycles. The lowest BCUT2D eigenvalue weighted by Crippen LogP contribution is -2.16. The summed E-state index contributed by atoms with van der Waals surface area (Å²) in [5.74, 6) is -3.65. The number of aromatic nitrogens is 1. The van der Waals surface area contributed by atoms with E-state index >= 15 is 0 Å². The smallest absolute Gasteiger partial charge is 0.416 e. The molecule has 0 bridgehead atoms. The molecule has 0 atom stereocenters. The summed E-state index contributed by atoms with van der Waals surface area (Å²) in [4.78, 5) is 2.88. The molecule has 1 heterocycles. The summed E-state index contributed by atoms with van der Waals surface area (Å²) in [6, 6.07) is 6.96. The van der Waals surface area contributed by atoms with Crippen molar-refractivity contribution in [2.45, 2.75) is 17.7 Å². The molecule has 32 heavy (non-hydrogen) atoms. The molecule has 2 aromatic carbocycles. The molecular formula is C19H11F7N2O3S. The van der Waals surface area contributed by atoms with Crippen LogP contribution < -0.4 is 9.46 Å². The monoisotopic (exact) mass is 480 g/mol. The average Bonchev–Trinajstić information content (AvgIpc) is 2.68. The minimum Gasteiger partial charge on any atom is -0.435 e. The summed E-state index contributed by atoms with van der Waals surface area (Å²) in [5, 5.41) is 0. The molecule has 1 aromatic heterocycles. The quantitative estimate of drug-likeness (QED) is 0.477. The van der Waals surface area contributed by atoms with Crippen molar-refractivity contribution in [3.05, 3.63) is 71.8 Å². The second-order valence-corrected chi connectivity index (χ2v) is 7.89. The number of benzene rings is 2. The average molecular weight is 480 g/mol. The fraction of sp³-hybridized carbons (Fsp3) is 0.105. The molecule has 0 saturated heterocycles. The molecule has 0 aliphatic rings. The molecule has 3 aromatic rings. The molecule has 1 N–H and O–H groups in total. The van der Waals surface area contributed by atoms with Crippen LogP contribution in [0.25, 0.3) is 11.3 Å². The van der Waals surface area contributed by atoms with Crippen LogP contribution in [0.15, 0.2) is 59.5 Å². The number of hydrogen-bond donors (Lipinski definition) is 1. The highest BCUT2D eigenvalue weighted by atomic mass is 32.2. The zero-order valence-corrected chi connectivity index (χ0v) is 16.3. The maximum atomic E-state index is 14.2. The predicted octanol–water partition coefficient (Wildman–Crippen LogP) is 5.45. The van der Waals surface area contributed by atoms with Crippen molar-refractivity contribution in [2.75, 3.05) is 4.72 Å². The number of nitrogens with zero attached hydrogens (tertiary/aromatic N) is 1. The van der Waals surface area contributed by atoms with Gasteiger partial charge in [0.15, 0.2) is 11.6 Å². The Morgan fingerprint density at radius 3 is 2.34 bits per heavy atom. The van der Waals surface area contributed by atoms with Gasteiger partial charge in [0.1, 0.15) is 11.6 Å². The second kappa shape index (κ2) is 8.65. The number of pyridine rings is 1. The molecule has 0 fully saturated rings. The summed E-state index contributed by atoms with van der Waals surface area (Å²) in [6.45, 7) is -3.25. The fourth-order valence-electron chi connectivity index (χ4n) is 2.58. The first-order chi connectivity index (χ1) is 14.8. The molecule has 0 amide bonds. The molecular weight excluding hydrogens is 469 g/mol. The van der Waals surface area contributed by atoms with E-state index < -0.39 is 56.5 Å². The zero-order valence-electron chi connectivity index (χ0n) is 15.5. The Labute approximate surface area is 176 Å². The number of rotatable bonds is 6. The molecule has 0 spiro atoms. The minimum absolute atomic E-state index is 0.153. The van der Waals surface area contributed by atoms with Crippen LogP contribution in [0.2, 0.25) is 0 Å². The Balaban J connectivity index is 1.98. The molecule has 5 nitrogen and oxygen atoms in total. The van der Waals surface area contributed by atoms with Gasteiger partial charge < -0.3 is 4.74 Å². The SMILES string of the molecule is O=S(=O)(Nc1nc(-c2cc(F)cc(OC(F)F)c2)ccc1F)c1cccc(C(F)(F)F)c1. The van der Waals surface area contributed by atoms with Gasteiger partial charge in [-0.1, -0.05) is 6.07 Å². The van der Waals surface area contributed by atoms with Crippen molar-refractivity contribution in [1.82, 2.24) is 4.98 Å². The number of nitrogens with one attached hydrogen (secondary N) is 1. The van der Waals surface area contributed by atoms with E-state index in [1.165, 1.54) is 0 Å². The summed E-state index contributed by atoms with van der Waals surface area (Å²) >= 11 is 0. The van der Waals surface area contributed by atoms with Gasteiger partial charge in [-0.25, -0.2) is 22.2 Å². The van der Waals surface area contributed by atoms with Crippen molar-refractivity contribution in [1.29, 1.82) is 0 Å². The number of hydrogen-bond acceptors (Lipinski definition) is 4. The molecule has 3 rings (SSSR count). The third-order valence-corrected chi connectivity index (χ3v) is 5.28. The van der Waals surface area contributed by atoms with Gasteiger partial charge in [0.05, 0.1) is 16.2 Å². The molecule has 0 radical (unpaired) electrons. The van der Waals surface area contributed by atoms with Gasteiger partial charge in [0, 0.05) is 11.6 Å². The maximum absolute atomic E-state index is 14.2. The zero-order chi connectivity index (χ0) is 23.7. The van der Waals surface area contributed by atoms with E-state index in [2.05, 4.69) is 9.72 Å². The van der Waals surface area contributed by atoms with Crippen LogP contribution in [-0.4, -0.2) is 20.0 Å². The van der Waals surface area contributed by atoms with Crippen LogP contribution in [0.5, 0.6) is 5.75 Å².